The Morgan fingerprint density at radius 2 is 1.84 bits per heavy atom. The highest BCUT2D eigenvalue weighted by Crippen LogP contribution is 2.24. The van der Waals surface area contributed by atoms with Crippen molar-refractivity contribution >= 4 is 35.1 Å². The number of benzene rings is 1. The number of hydrogen-bond acceptors (Lipinski definition) is 5. The first-order valence-corrected chi connectivity index (χ1v) is 11.6. The molecular formula is C23H26N4O4S. The number of nitrogens with one attached hydrogen (secondary N) is 2. The Morgan fingerprint density at radius 3 is 2.50 bits per heavy atom. The van der Waals surface area contributed by atoms with Gasteiger partial charge in [0.25, 0.3) is 11.8 Å². The Kier molecular flexibility index (Phi) is 6.27. The van der Waals surface area contributed by atoms with Crippen LogP contribution in [0.25, 0.3) is 0 Å². The first kappa shape index (κ1) is 22.0. The molecule has 5 amide bonds. The average molecular weight is 455 g/mol. The number of nitrogens with zero attached hydrogens (tertiary/aromatic N) is 2. The number of likely N-dealkylation sites (tertiary alicyclic amines) is 1. The summed E-state index contributed by atoms with van der Waals surface area (Å²) in [6.45, 7) is 2.60. The molecule has 2 N–H and O–H groups in total. The lowest BCUT2D eigenvalue weighted by Gasteiger charge is -2.31. The fourth-order valence-electron chi connectivity index (χ4n) is 4.10. The zero-order chi connectivity index (χ0) is 22.7. The SMILES string of the molecule is CC1(CCc2ccccc2)NC(=O)N(NC(=O)C2CCN(C(=O)c3cccs3)CC2)C1=O. The molecular weight excluding hydrogens is 428 g/mol. The zero-order valence-electron chi connectivity index (χ0n) is 17.9. The number of carbonyl (C=O) groups is 4. The highest BCUT2D eigenvalue weighted by molar-refractivity contribution is 7.12. The van der Waals surface area contributed by atoms with Crippen LogP contribution in [0.15, 0.2) is 47.8 Å². The number of hydrazine groups is 1. The van der Waals surface area contributed by atoms with Gasteiger partial charge >= 0.3 is 6.03 Å². The highest BCUT2D eigenvalue weighted by atomic mass is 32.1. The van der Waals surface area contributed by atoms with Crippen molar-refractivity contribution in [2.24, 2.45) is 5.92 Å². The van der Waals surface area contributed by atoms with Gasteiger partial charge in [-0.3, -0.25) is 19.8 Å². The molecule has 0 radical (unpaired) electrons. The van der Waals surface area contributed by atoms with Gasteiger partial charge in [-0.15, -0.1) is 11.3 Å². The monoisotopic (exact) mass is 454 g/mol. The van der Waals surface area contributed by atoms with Gasteiger partial charge in [0.15, 0.2) is 0 Å². The minimum Gasteiger partial charge on any atom is -0.338 e. The van der Waals surface area contributed by atoms with Crippen LogP contribution in [0.1, 0.15) is 41.4 Å². The molecule has 0 saturated carbocycles. The molecule has 0 aliphatic carbocycles. The fourth-order valence-corrected chi connectivity index (χ4v) is 4.79. The third-order valence-corrected chi connectivity index (χ3v) is 6.98. The van der Waals surface area contributed by atoms with Gasteiger partial charge in [-0.25, -0.2) is 4.79 Å². The van der Waals surface area contributed by atoms with Crippen molar-refractivity contribution in [1.29, 1.82) is 0 Å². The van der Waals surface area contributed by atoms with Crippen LogP contribution in [0.4, 0.5) is 4.79 Å². The molecule has 9 heteroatoms. The van der Waals surface area contributed by atoms with E-state index in [2.05, 4.69) is 10.7 Å². The summed E-state index contributed by atoms with van der Waals surface area (Å²) in [6.07, 6.45) is 2.02. The molecule has 168 valence electrons. The topological polar surface area (TPSA) is 98.8 Å². The van der Waals surface area contributed by atoms with Crippen molar-refractivity contribution in [2.45, 2.75) is 38.1 Å². The van der Waals surface area contributed by atoms with E-state index in [1.54, 1.807) is 17.9 Å². The van der Waals surface area contributed by atoms with Gasteiger partial charge in [0.2, 0.25) is 5.91 Å². The van der Waals surface area contributed by atoms with Crippen molar-refractivity contribution in [3.63, 3.8) is 0 Å². The van der Waals surface area contributed by atoms with Crippen LogP contribution >= 0.6 is 11.3 Å². The van der Waals surface area contributed by atoms with Crippen molar-refractivity contribution < 1.29 is 19.2 Å². The summed E-state index contributed by atoms with van der Waals surface area (Å²) in [5.41, 5.74) is 2.50. The van der Waals surface area contributed by atoms with Gasteiger partial charge in [0, 0.05) is 19.0 Å². The molecule has 2 fully saturated rings. The first-order valence-electron chi connectivity index (χ1n) is 10.7. The van der Waals surface area contributed by atoms with Crippen LogP contribution in [-0.2, 0) is 16.0 Å². The van der Waals surface area contributed by atoms with Crippen molar-refractivity contribution in [2.75, 3.05) is 13.1 Å². The lowest BCUT2D eigenvalue weighted by atomic mass is 9.93. The molecule has 2 saturated heterocycles. The van der Waals surface area contributed by atoms with Gasteiger partial charge in [0.1, 0.15) is 5.54 Å². The number of thiophene rings is 1. The molecule has 32 heavy (non-hydrogen) atoms. The molecule has 2 aliphatic rings. The second-order valence-corrected chi connectivity index (χ2v) is 9.36. The standard InChI is InChI=1S/C23H26N4O4S/c1-23(12-9-16-6-3-2-4-7-16)21(30)27(22(31)24-23)25-19(28)17-10-13-26(14-11-17)20(29)18-8-5-15-32-18/h2-8,15,17H,9-14H2,1H3,(H,24,31)(H,25,28). The molecule has 0 spiro atoms. The van der Waals surface area contributed by atoms with E-state index >= 15 is 0 Å². The largest absolute Gasteiger partial charge is 0.344 e. The molecule has 2 aromatic rings. The maximum atomic E-state index is 12.9. The second kappa shape index (κ2) is 9.12. The molecule has 3 heterocycles. The summed E-state index contributed by atoms with van der Waals surface area (Å²) in [5.74, 6) is -1.22. The summed E-state index contributed by atoms with van der Waals surface area (Å²) >= 11 is 1.40. The van der Waals surface area contributed by atoms with E-state index in [0.717, 1.165) is 10.6 Å². The summed E-state index contributed by atoms with van der Waals surface area (Å²) < 4.78 is 0. The van der Waals surface area contributed by atoms with E-state index in [4.69, 9.17) is 0 Å². The van der Waals surface area contributed by atoms with E-state index in [1.165, 1.54) is 11.3 Å². The van der Waals surface area contributed by atoms with Crippen LogP contribution in [0.5, 0.6) is 0 Å². The van der Waals surface area contributed by atoms with Crippen LogP contribution < -0.4 is 10.7 Å². The molecule has 0 bridgehead atoms. The maximum Gasteiger partial charge on any atom is 0.344 e. The zero-order valence-corrected chi connectivity index (χ0v) is 18.7. The van der Waals surface area contributed by atoms with E-state index in [0.29, 0.717) is 43.6 Å². The van der Waals surface area contributed by atoms with E-state index in [1.807, 2.05) is 41.8 Å². The van der Waals surface area contributed by atoms with Gasteiger partial charge in [-0.05, 0) is 49.6 Å². The Balaban J connectivity index is 1.31. The number of aryl methyl sites for hydroxylation is 1. The minimum atomic E-state index is -1.07. The highest BCUT2D eigenvalue weighted by Gasteiger charge is 2.48. The molecule has 1 atom stereocenters. The van der Waals surface area contributed by atoms with Crippen LogP contribution in [-0.4, -0.2) is 52.3 Å². The Hall–Kier alpha value is -3.20. The van der Waals surface area contributed by atoms with Crippen LogP contribution in [0, 0.1) is 5.92 Å². The molecule has 8 nitrogen and oxygen atoms in total. The Labute approximate surface area is 190 Å². The van der Waals surface area contributed by atoms with E-state index in [9.17, 15) is 19.2 Å². The molecule has 4 rings (SSSR count). The first-order chi connectivity index (χ1) is 15.4. The summed E-state index contributed by atoms with van der Waals surface area (Å²) in [6, 6.07) is 12.7. The lowest BCUT2D eigenvalue weighted by molar-refractivity contribution is -0.141. The van der Waals surface area contributed by atoms with E-state index < -0.39 is 17.5 Å². The Bertz CT molecular complexity index is 1000. The van der Waals surface area contributed by atoms with Gasteiger partial charge in [-0.2, -0.15) is 5.01 Å². The number of amides is 5. The Morgan fingerprint density at radius 1 is 1.12 bits per heavy atom. The summed E-state index contributed by atoms with van der Waals surface area (Å²) in [7, 11) is 0. The quantitative estimate of drug-likeness (QED) is 0.656. The number of urea groups is 1. The van der Waals surface area contributed by atoms with E-state index in [-0.39, 0.29) is 17.7 Å². The number of rotatable bonds is 6. The molecule has 2 aliphatic heterocycles. The minimum absolute atomic E-state index is 0.0258. The number of hydrogen-bond donors (Lipinski definition) is 2. The molecule has 1 aromatic carbocycles. The predicted octanol–water partition coefficient (Wildman–Crippen LogP) is 2.57. The summed E-state index contributed by atoms with van der Waals surface area (Å²) in [4.78, 5) is 53.0. The van der Waals surface area contributed by atoms with Gasteiger partial charge in [0.05, 0.1) is 4.88 Å². The van der Waals surface area contributed by atoms with Crippen molar-refractivity contribution in [3.05, 3.63) is 58.3 Å². The molecule has 1 aromatic heterocycles. The van der Waals surface area contributed by atoms with Gasteiger partial charge < -0.3 is 10.2 Å². The predicted molar refractivity (Wildman–Crippen MR) is 120 cm³/mol. The third-order valence-electron chi connectivity index (χ3n) is 6.12. The molecule has 1 unspecified atom stereocenters. The second-order valence-electron chi connectivity index (χ2n) is 8.41. The average Bonchev–Trinajstić information content (AvgIpc) is 3.42. The van der Waals surface area contributed by atoms with Crippen molar-refractivity contribution in [3.8, 4) is 0 Å². The van der Waals surface area contributed by atoms with Gasteiger partial charge in [-0.1, -0.05) is 36.4 Å². The van der Waals surface area contributed by atoms with Crippen LogP contribution in [0.2, 0.25) is 0 Å². The third kappa shape index (κ3) is 4.52. The fraction of sp³-hybridized carbons (Fsp3) is 0.391. The smallest absolute Gasteiger partial charge is 0.338 e. The number of piperidine rings is 1. The number of imide groups is 1. The number of carbonyl (C=O) groups excluding carboxylic acids is 4. The summed E-state index contributed by atoms with van der Waals surface area (Å²) in [5, 5.41) is 5.38. The lowest BCUT2D eigenvalue weighted by Crippen LogP contribution is -2.52. The van der Waals surface area contributed by atoms with Crippen molar-refractivity contribution in [1.82, 2.24) is 20.7 Å². The normalized spacial score (nSPS) is 21.5. The maximum absolute atomic E-state index is 12.9. The van der Waals surface area contributed by atoms with Crippen LogP contribution in [0.3, 0.4) is 0 Å².